The molecule has 2 aliphatic heterocycles. The molecule has 2 fully saturated rings. The summed E-state index contributed by atoms with van der Waals surface area (Å²) in [5.41, 5.74) is 0. The lowest BCUT2D eigenvalue weighted by Gasteiger charge is -2.43. The Balaban J connectivity index is 1.65. The van der Waals surface area contributed by atoms with E-state index in [4.69, 9.17) is 14.2 Å². The van der Waals surface area contributed by atoms with Crippen molar-refractivity contribution >= 4 is 5.97 Å². The molecular weight excluding hydrogens is 388 g/mol. The monoisotopic (exact) mass is 430 g/mol. The summed E-state index contributed by atoms with van der Waals surface area (Å²) in [4.78, 5) is 12.2. The zero-order valence-corrected chi connectivity index (χ0v) is 18.5. The van der Waals surface area contributed by atoms with Crippen molar-refractivity contribution < 1.29 is 34.3 Å². The second kappa shape index (κ2) is 14.4. The summed E-state index contributed by atoms with van der Waals surface area (Å²) in [7, 11) is 0. The quantitative estimate of drug-likeness (QED) is 0.255. The van der Waals surface area contributed by atoms with Crippen molar-refractivity contribution in [1.29, 1.82) is 0 Å². The van der Waals surface area contributed by atoms with E-state index >= 15 is 0 Å². The molecule has 2 aliphatic rings. The van der Waals surface area contributed by atoms with Gasteiger partial charge in [-0.2, -0.15) is 0 Å². The molecule has 0 aromatic heterocycles. The minimum Gasteiger partial charge on any atom is -0.457 e. The van der Waals surface area contributed by atoms with Crippen molar-refractivity contribution in [2.75, 3.05) is 33.0 Å². The van der Waals surface area contributed by atoms with Gasteiger partial charge in [-0.25, -0.2) is 0 Å². The van der Waals surface area contributed by atoms with Crippen LogP contribution in [0.15, 0.2) is 0 Å². The molecule has 0 spiro atoms. The summed E-state index contributed by atoms with van der Waals surface area (Å²) in [6.45, 7) is 2.52. The number of aliphatic hydroxyl groups is 3. The minimum absolute atomic E-state index is 0.0669. The number of carbonyl (C=O) groups is 1. The van der Waals surface area contributed by atoms with Crippen LogP contribution in [0.1, 0.15) is 71.1 Å². The number of aliphatic hydroxyl groups excluding tert-OH is 3. The topological polar surface area (TPSA) is 105 Å². The lowest BCUT2D eigenvalue weighted by atomic mass is 9.80. The van der Waals surface area contributed by atoms with Crippen LogP contribution < -0.4 is 0 Å². The van der Waals surface area contributed by atoms with Crippen molar-refractivity contribution in [1.82, 2.24) is 0 Å². The Morgan fingerprint density at radius 1 is 0.900 bits per heavy atom. The molecule has 7 heteroatoms. The first-order chi connectivity index (χ1) is 14.7. The summed E-state index contributed by atoms with van der Waals surface area (Å²) in [5, 5.41) is 29.0. The summed E-state index contributed by atoms with van der Waals surface area (Å²) < 4.78 is 17.0. The van der Waals surface area contributed by atoms with Crippen molar-refractivity contribution in [2.45, 2.75) is 89.4 Å². The third kappa shape index (κ3) is 7.45. The number of carbonyl (C=O) groups excluding carboxylic acids is 1. The van der Waals surface area contributed by atoms with Crippen molar-refractivity contribution in [3.8, 4) is 0 Å². The highest BCUT2D eigenvalue weighted by molar-refractivity contribution is 5.69. The van der Waals surface area contributed by atoms with E-state index in [0.717, 1.165) is 19.3 Å². The number of hydrogen-bond donors (Lipinski definition) is 3. The Bertz CT molecular complexity index is 472. The molecule has 2 saturated heterocycles. The molecule has 2 heterocycles. The van der Waals surface area contributed by atoms with Crippen LogP contribution in [0.2, 0.25) is 0 Å². The van der Waals surface area contributed by atoms with Gasteiger partial charge >= 0.3 is 5.97 Å². The maximum absolute atomic E-state index is 12.2. The lowest BCUT2D eigenvalue weighted by Crippen LogP contribution is -2.56. The second-order valence-corrected chi connectivity index (χ2v) is 8.84. The molecule has 7 nitrogen and oxygen atoms in total. The first kappa shape index (κ1) is 25.5. The summed E-state index contributed by atoms with van der Waals surface area (Å²) >= 11 is 0. The number of rotatable bonds is 16. The van der Waals surface area contributed by atoms with Crippen LogP contribution in [0.5, 0.6) is 0 Å². The van der Waals surface area contributed by atoms with Crippen molar-refractivity contribution in [2.24, 2.45) is 17.8 Å². The fraction of sp³-hybridized carbons (Fsp3) is 0.957. The van der Waals surface area contributed by atoms with Gasteiger partial charge in [-0.1, -0.05) is 58.3 Å². The van der Waals surface area contributed by atoms with E-state index < -0.39 is 18.1 Å². The Kier molecular flexibility index (Phi) is 12.2. The lowest BCUT2D eigenvalue weighted by molar-refractivity contribution is -0.227. The van der Waals surface area contributed by atoms with Crippen LogP contribution in [0.25, 0.3) is 0 Å². The van der Waals surface area contributed by atoms with Gasteiger partial charge in [-0.3, -0.25) is 4.79 Å². The highest BCUT2D eigenvalue weighted by atomic mass is 16.6. The highest BCUT2D eigenvalue weighted by Gasteiger charge is 2.49. The maximum Gasteiger partial charge on any atom is 0.306 e. The molecule has 0 bridgehead atoms. The van der Waals surface area contributed by atoms with Crippen LogP contribution in [0.3, 0.4) is 0 Å². The Morgan fingerprint density at radius 2 is 1.53 bits per heavy atom. The third-order valence-electron chi connectivity index (χ3n) is 6.62. The Morgan fingerprint density at radius 3 is 2.07 bits per heavy atom. The summed E-state index contributed by atoms with van der Waals surface area (Å²) in [5.74, 6) is -1.01. The molecule has 3 N–H and O–H groups in total. The number of unbranched alkanes of at least 4 members (excludes halogenated alkanes) is 8. The van der Waals surface area contributed by atoms with E-state index in [9.17, 15) is 20.1 Å². The van der Waals surface area contributed by atoms with Crippen LogP contribution in [0, 0.1) is 17.8 Å². The van der Waals surface area contributed by atoms with E-state index in [1.165, 1.54) is 38.5 Å². The maximum atomic E-state index is 12.2. The summed E-state index contributed by atoms with van der Waals surface area (Å²) in [6.07, 6.45) is 9.97. The highest BCUT2D eigenvalue weighted by Crippen LogP contribution is 2.37. The molecule has 6 unspecified atom stereocenters. The van der Waals surface area contributed by atoms with Crippen molar-refractivity contribution in [3.63, 3.8) is 0 Å². The molecular formula is C23H42O7. The standard InChI is InChI=1S/C23H42O7/c1-2-3-4-5-6-7-8-9-10-11-21(27)30-20-16-29-23(20)19(14-26)22-18(13-25)17(12-24)15-28-22/h17-20,22-26H,2-16H2,1H3. The van der Waals surface area contributed by atoms with Gasteiger partial charge < -0.3 is 29.5 Å². The van der Waals surface area contributed by atoms with Gasteiger partial charge in [-0.15, -0.1) is 0 Å². The molecule has 0 saturated carbocycles. The molecule has 6 atom stereocenters. The predicted octanol–water partition coefficient (Wildman–Crippen LogP) is 2.44. The normalized spacial score (nSPS) is 29.5. The van der Waals surface area contributed by atoms with Gasteiger partial charge in [0.05, 0.1) is 25.9 Å². The smallest absolute Gasteiger partial charge is 0.306 e. The third-order valence-corrected chi connectivity index (χ3v) is 6.62. The van der Waals surface area contributed by atoms with Crippen LogP contribution in [0.4, 0.5) is 0 Å². The average Bonchev–Trinajstić information content (AvgIpc) is 3.16. The molecule has 0 radical (unpaired) electrons. The fourth-order valence-corrected chi connectivity index (χ4v) is 4.62. The molecule has 176 valence electrons. The van der Waals surface area contributed by atoms with Gasteiger partial charge in [0.1, 0.15) is 6.10 Å². The van der Waals surface area contributed by atoms with Gasteiger partial charge in [0, 0.05) is 37.4 Å². The van der Waals surface area contributed by atoms with Crippen molar-refractivity contribution in [3.05, 3.63) is 0 Å². The largest absolute Gasteiger partial charge is 0.457 e. The molecule has 0 aliphatic carbocycles. The molecule has 0 amide bonds. The molecule has 0 aromatic rings. The number of ether oxygens (including phenoxy) is 3. The van der Waals surface area contributed by atoms with Crippen LogP contribution in [-0.2, 0) is 19.0 Å². The van der Waals surface area contributed by atoms with E-state index in [1.54, 1.807) is 0 Å². The van der Waals surface area contributed by atoms with E-state index in [2.05, 4.69) is 6.92 Å². The number of hydrogen-bond acceptors (Lipinski definition) is 7. The van der Waals surface area contributed by atoms with E-state index in [0.29, 0.717) is 19.6 Å². The first-order valence-electron chi connectivity index (χ1n) is 11.9. The van der Waals surface area contributed by atoms with Gasteiger partial charge in [0.2, 0.25) is 0 Å². The zero-order valence-electron chi connectivity index (χ0n) is 18.5. The van der Waals surface area contributed by atoms with Gasteiger partial charge in [-0.05, 0) is 6.42 Å². The molecule has 30 heavy (non-hydrogen) atoms. The van der Waals surface area contributed by atoms with Gasteiger partial charge in [0.25, 0.3) is 0 Å². The molecule has 2 rings (SSSR count). The SMILES string of the molecule is CCCCCCCCCCCC(=O)OC1COC1C(CO)C1OCC(CO)C1CO. The molecule has 0 aromatic carbocycles. The zero-order chi connectivity index (χ0) is 21.8. The van der Waals surface area contributed by atoms with E-state index in [-0.39, 0.29) is 43.7 Å². The van der Waals surface area contributed by atoms with Crippen LogP contribution in [-0.4, -0.2) is 72.6 Å². The minimum atomic E-state index is -0.432. The predicted molar refractivity (Wildman–Crippen MR) is 113 cm³/mol. The van der Waals surface area contributed by atoms with Gasteiger partial charge in [0.15, 0.2) is 6.10 Å². The summed E-state index contributed by atoms with van der Waals surface area (Å²) in [6, 6.07) is 0. The van der Waals surface area contributed by atoms with E-state index in [1.807, 2.05) is 0 Å². The average molecular weight is 431 g/mol. The second-order valence-electron chi connectivity index (χ2n) is 8.84. The van der Waals surface area contributed by atoms with Crippen LogP contribution >= 0.6 is 0 Å². The Labute approximate surface area is 181 Å². The fourth-order valence-electron chi connectivity index (χ4n) is 4.62. The number of esters is 1. The Hall–Kier alpha value is -0.730. The first-order valence-corrected chi connectivity index (χ1v) is 11.9.